The lowest BCUT2D eigenvalue weighted by atomic mass is 9.88. The molecule has 1 saturated heterocycles. The standard InChI is InChI=1S/C26H28F3N3O3/c1-16(19-5-6-23(30-11-19)35-15-26(27,28)29)31-24(33)21-10-20(21)18-4-3-17-7-8-32(22(17)9-18)12-25(2)13-34-14-25/h3-9,11,16,20-21H,10,12-15H2,1-2H3,(H,31,33)/t16-,20?,21?/m1/s1. The number of nitrogens with one attached hydrogen (secondary N) is 1. The number of fused-ring (bicyclic) bond motifs is 1. The van der Waals surface area contributed by atoms with Crippen molar-refractivity contribution in [3.05, 3.63) is 59.9 Å². The summed E-state index contributed by atoms with van der Waals surface area (Å²) < 4.78 is 49.2. The van der Waals surface area contributed by atoms with Gasteiger partial charge in [0.2, 0.25) is 11.8 Å². The van der Waals surface area contributed by atoms with Gasteiger partial charge < -0.3 is 19.4 Å². The Morgan fingerprint density at radius 1 is 1.29 bits per heavy atom. The van der Waals surface area contributed by atoms with E-state index in [1.54, 1.807) is 6.07 Å². The Hall–Kier alpha value is -3.07. The fraction of sp³-hybridized carbons (Fsp3) is 0.462. The van der Waals surface area contributed by atoms with Gasteiger partial charge in [-0.1, -0.05) is 25.1 Å². The van der Waals surface area contributed by atoms with Crippen molar-refractivity contribution in [2.75, 3.05) is 19.8 Å². The van der Waals surface area contributed by atoms with Crippen molar-refractivity contribution in [3.63, 3.8) is 0 Å². The minimum atomic E-state index is -4.42. The first-order valence-electron chi connectivity index (χ1n) is 11.7. The summed E-state index contributed by atoms with van der Waals surface area (Å²) in [4.78, 5) is 16.8. The molecule has 5 rings (SSSR count). The fourth-order valence-electron chi connectivity index (χ4n) is 4.67. The SMILES string of the molecule is C[C@@H](NC(=O)C1CC1c1ccc2ccn(CC3(C)COC3)c2c1)c1ccc(OCC(F)(F)F)nc1. The summed E-state index contributed by atoms with van der Waals surface area (Å²) in [5.74, 6) is -0.0626. The number of alkyl halides is 3. The molecule has 2 aromatic heterocycles. The van der Waals surface area contributed by atoms with Crippen LogP contribution in [0.25, 0.3) is 10.9 Å². The van der Waals surface area contributed by atoms with E-state index < -0.39 is 12.8 Å². The molecule has 1 saturated carbocycles. The molecule has 6 nitrogen and oxygen atoms in total. The molecular formula is C26H28F3N3O3. The predicted octanol–water partition coefficient (Wildman–Crippen LogP) is 4.99. The highest BCUT2D eigenvalue weighted by atomic mass is 19.4. The van der Waals surface area contributed by atoms with Crippen LogP contribution in [0.2, 0.25) is 0 Å². The molecule has 3 atom stereocenters. The van der Waals surface area contributed by atoms with Gasteiger partial charge in [0.05, 0.1) is 19.3 Å². The van der Waals surface area contributed by atoms with Crippen molar-refractivity contribution >= 4 is 16.8 Å². The van der Waals surface area contributed by atoms with Gasteiger partial charge in [-0.2, -0.15) is 13.2 Å². The van der Waals surface area contributed by atoms with E-state index in [2.05, 4.69) is 57.0 Å². The Labute approximate surface area is 201 Å². The summed E-state index contributed by atoms with van der Waals surface area (Å²) in [5.41, 5.74) is 3.20. The van der Waals surface area contributed by atoms with E-state index in [0.717, 1.165) is 31.7 Å². The van der Waals surface area contributed by atoms with Gasteiger partial charge in [-0.3, -0.25) is 4.79 Å². The second kappa shape index (κ2) is 8.86. The van der Waals surface area contributed by atoms with Gasteiger partial charge in [0.25, 0.3) is 0 Å². The maximum atomic E-state index is 12.9. The Bertz CT molecular complexity index is 1220. The number of benzene rings is 1. The van der Waals surface area contributed by atoms with Crippen LogP contribution < -0.4 is 10.1 Å². The number of pyridine rings is 1. The van der Waals surface area contributed by atoms with Crippen molar-refractivity contribution < 1.29 is 27.4 Å². The molecule has 1 aromatic carbocycles. The Morgan fingerprint density at radius 3 is 2.74 bits per heavy atom. The highest BCUT2D eigenvalue weighted by molar-refractivity contribution is 5.85. The van der Waals surface area contributed by atoms with Crippen molar-refractivity contribution in [1.29, 1.82) is 0 Å². The van der Waals surface area contributed by atoms with Crippen LogP contribution in [0.1, 0.15) is 43.4 Å². The summed E-state index contributed by atoms with van der Waals surface area (Å²) in [6.07, 6.45) is -0.0837. The maximum Gasteiger partial charge on any atom is 0.422 e. The number of carbonyl (C=O) groups excluding carboxylic acids is 1. The number of ether oxygens (including phenoxy) is 2. The van der Waals surface area contributed by atoms with Crippen molar-refractivity contribution in [1.82, 2.24) is 14.9 Å². The van der Waals surface area contributed by atoms with Crippen LogP contribution in [-0.2, 0) is 16.1 Å². The quantitative estimate of drug-likeness (QED) is 0.486. The molecule has 0 bridgehead atoms. The zero-order valence-electron chi connectivity index (χ0n) is 19.6. The first kappa shape index (κ1) is 23.7. The van der Waals surface area contributed by atoms with E-state index in [9.17, 15) is 18.0 Å². The summed E-state index contributed by atoms with van der Waals surface area (Å²) in [6, 6.07) is 11.2. The van der Waals surface area contributed by atoms with Gasteiger partial charge in [-0.25, -0.2) is 4.98 Å². The van der Waals surface area contributed by atoms with Crippen molar-refractivity contribution in [2.24, 2.45) is 11.3 Å². The van der Waals surface area contributed by atoms with Gasteiger partial charge in [0, 0.05) is 41.9 Å². The van der Waals surface area contributed by atoms with Gasteiger partial charge in [0.15, 0.2) is 6.61 Å². The minimum Gasteiger partial charge on any atom is -0.468 e. The number of nitrogens with zero attached hydrogens (tertiary/aromatic N) is 2. The molecule has 186 valence electrons. The molecule has 1 amide bonds. The zero-order valence-corrected chi connectivity index (χ0v) is 19.6. The highest BCUT2D eigenvalue weighted by Gasteiger charge is 2.44. The summed E-state index contributed by atoms with van der Waals surface area (Å²) in [6.45, 7) is 5.11. The molecule has 0 radical (unpaired) electrons. The third-order valence-corrected chi connectivity index (χ3v) is 6.81. The molecule has 35 heavy (non-hydrogen) atoms. The first-order valence-corrected chi connectivity index (χ1v) is 11.7. The van der Waals surface area contributed by atoms with Crippen LogP contribution in [0.3, 0.4) is 0 Å². The van der Waals surface area contributed by atoms with E-state index in [1.165, 1.54) is 23.2 Å². The first-order chi connectivity index (χ1) is 16.6. The zero-order chi connectivity index (χ0) is 24.8. The van der Waals surface area contributed by atoms with Crippen LogP contribution in [0.15, 0.2) is 48.8 Å². The number of hydrogen-bond donors (Lipinski definition) is 1. The number of halogens is 3. The molecule has 2 unspecified atom stereocenters. The van der Waals surface area contributed by atoms with E-state index in [-0.39, 0.29) is 35.1 Å². The molecule has 3 heterocycles. The van der Waals surface area contributed by atoms with Crippen LogP contribution in [0, 0.1) is 11.3 Å². The Kier molecular flexibility index (Phi) is 5.99. The third kappa shape index (κ3) is 5.29. The van der Waals surface area contributed by atoms with Gasteiger partial charge >= 0.3 is 6.18 Å². The van der Waals surface area contributed by atoms with E-state index in [0.29, 0.717) is 5.56 Å². The topological polar surface area (TPSA) is 65.4 Å². The smallest absolute Gasteiger partial charge is 0.422 e. The lowest BCUT2D eigenvalue weighted by Crippen LogP contribution is -2.42. The highest BCUT2D eigenvalue weighted by Crippen LogP contribution is 2.48. The lowest BCUT2D eigenvalue weighted by molar-refractivity contribution is -0.154. The molecule has 1 aliphatic carbocycles. The fourth-order valence-corrected chi connectivity index (χ4v) is 4.67. The van der Waals surface area contributed by atoms with E-state index >= 15 is 0 Å². The average Bonchev–Trinajstić information content (AvgIpc) is 3.52. The third-order valence-electron chi connectivity index (χ3n) is 6.81. The number of carbonyl (C=O) groups is 1. The molecule has 9 heteroatoms. The number of aromatic nitrogens is 2. The van der Waals surface area contributed by atoms with E-state index in [4.69, 9.17) is 4.74 Å². The largest absolute Gasteiger partial charge is 0.468 e. The normalized spacial score (nSPS) is 21.9. The van der Waals surface area contributed by atoms with E-state index in [1.807, 2.05) is 6.92 Å². The molecule has 0 spiro atoms. The molecule has 1 N–H and O–H groups in total. The molecule has 2 aliphatic rings. The van der Waals surface area contributed by atoms with Crippen LogP contribution in [0.4, 0.5) is 13.2 Å². The molecule has 2 fully saturated rings. The number of amides is 1. The molecule has 3 aromatic rings. The second-order valence-corrected chi connectivity index (χ2v) is 10.1. The average molecular weight is 488 g/mol. The van der Waals surface area contributed by atoms with Crippen LogP contribution >= 0.6 is 0 Å². The van der Waals surface area contributed by atoms with Gasteiger partial charge in [0.1, 0.15) is 0 Å². The monoisotopic (exact) mass is 487 g/mol. The predicted molar refractivity (Wildman–Crippen MR) is 124 cm³/mol. The minimum absolute atomic E-state index is 0.0329. The Morgan fingerprint density at radius 2 is 2.09 bits per heavy atom. The van der Waals surface area contributed by atoms with Gasteiger partial charge in [-0.05, 0) is 47.9 Å². The number of rotatable bonds is 8. The molecule has 1 aliphatic heterocycles. The van der Waals surface area contributed by atoms with Gasteiger partial charge in [-0.15, -0.1) is 0 Å². The van der Waals surface area contributed by atoms with Crippen molar-refractivity contribution in [2.45, 2.75) is 44.9 Å². The Balaban J connectivity index is 1.19. The summed E-state index contributed by atoms with van der Waals surface area (Å²) in [5, 5.41) is 4.19. The second-order valence-electron chi connectivity index (χ2n) is 10.1. The maximum absolute atomic E-state index is 12.9. The van der Waals surface area contributed by atoms with Crippen molar-refractivity contribution in [3.8, 4) is 5.88 Å². The number of hydrogen-bond acceptors (Lipinski definition) is 4. The lowest BCUT2D eigenvalue weighted by Gasteiger charge is -2.38. The summed E-state index contributed by atoms with van der Waals surface area (Å²) >= 11 is 0. The molecular weight excluding hydrogens is 459 g/mol. The summed E-state index contributed by atoms with van der Waals surface area (Å²) in [7, 11) is 0. The van der Waals surface area contributed by atoms with Crippen LogP contribution in [0.5, 0.6) is 5.88 Å². The van der Waals surface area contributed by atoms with Crippen LogP contribution in [-0.4, -0.2) is 41.5 Å².